The summed E-state index contributed by atoms with van der Waals surface area (Å²) in [4.78, 5) is 24.6. The molecule has 7 heteroatoms. The molecule has 1 saturated heterocycles. The van der Waals surface area contributed by atoms with E-state index in [1.165, 1.54) is 6.33 Å². The van der Waals surface area contributed by atoms with Gasteiger partial charge in [-0.25, -0.2) is 9.97 Å². The van der Waals surface area contributed by atoms with Gasteiger partial charge in [0, 0.05) is 30.3 Å². The van der Waals surface area contributed by atoms with E-state index in [1.807, 2.05) is 6.92 Å². The van der Waals surface area contributed by atoms with Crippen LogP contribution in [0.1, 0.15) is 22.5 Å². The van der Waals surface area contributed by atoms with Crippen molar-refractivity contribution in [3.05, 3.63) is 48.2 Å². The third-order valence-electron chi connectivity index (χ3n) is 3.75. The van der Waals surface area contributed by atoms with Crippen LogP contribution in [0.4, 0.5) is 5.82 Å². The molecule has 7 nitrogen and oxygen atoms in total. The Morgan fingerprint density at radius 2 is 2.17 bits per heavy atom. The van der Waals surface area contributed by atoms with Crippen molar-refractivity contribution in [3.63, 3.8) is 0 Å². The van der Waals surface area contributed by atoms with E-state index in [9.17, 15) is 4.79 Å². The van der Waals surface area contributed by atoms with E-state index in [2.05, 4.69) is 25.6 Å². The number of carbonyl (C=O) groups is 1. The largest absolute Gasteiger partial charge is 0.379 e. The van der Waals surface area contributed by atoms with Gasteiger partial charge in [-0.05, 0) is 31.5 Å². The van der Waals surface area contributed by atoms with Crippen LogP contribution in [0.2, 0.25) is 0 Å². The van der Waals surface area contributed by atoms with Crippen LogP contribution in [0, 0.1) is 6.92 Å². The number of carbonyl (C=O) groups excluding carboxylic acids is 1. The minimum Gasteiger partial charge on any atom is -0.379 e. The summed E-state index contributed by atoms with van der Waals surface area (Å²) in [6.45, 7) is 3.01. The monoisotopic (exact) mass is 313 g/mol. The number of rotatable bonds is 4. The fourth-order valence-electron chi connectivity index (χ4n) is 2.56. The molecule has 1 aliphatic rings. The van der Waals surface area contributed by atoms with Crippen molar-refractivity contribution >= 4 is 11.7 Å². The minimum absolute atomic E-state index is 0.0281. The highest BCUT2D eigenvalue weighted by molar-refractivity contribution is 5.94. The summed E-state index contributed by atoms with van der Waals surface area (Å²) >= 11 is 0. The highest BCUT2D eigenvalue weighted by atomic mass is 16.5. The molecule has 1 aliphatic heterocycles. The second kappa shape index (κ2) is 7.15. The third-order valence-corrected chi connectivity index (χ3v) is 3.75. The van der Waals surface area contributed by atoms with Crippen molar-refractivity contribution in [2.45, 2.75) is 25.4 Å². The van der Waals surface area contributed by atoms with Crippen molar-refractivity contribution in [2.24, 2.45) is 0 Å². The predicted octanol–water partition coefficient (Wildman–Crippen LogP) is 1.18. The lowest BCUT2D eigenvalue weighted by atomic mass is 10.0. The number of amides is 1. The molecule has 2 N–H and O–H groups in total. The molecule has 0 spiro atoms. The molecule has 23 heavy (non-hydrogen) atoms. The minimum atomic E-state index is -0.100. The van der Waals surface area contributed by atoms with Crippen molar-refractivity contribution in [1.82, 2.24) is 20.3 Å². The maximum absolute atomic E-state index is 12.4. The van der Waals surface area contributed by atoms with Gasteiger partial charge in [0.2, 0.25) is 0 Å². The molecule has 0 aliphatic carbocycles. The quantitative estimate of drug-likeness (QED) is 0.881. The molecule has 2 aromatic rings. The van der Waals surface area contributed by atoms with E-state index < -0.39 is 0 Å². The van der Waals surface area contributed by atoms with Gasteiger partial charge in [0.05, 0.1) is 18.7 Å². The Kier molecular flexibility index (Phi) is 4.77. The normalized spacial score (nSPS) is 20.7. The smallest absolute Gasteiger partial charge is 0.251 e. The van der Waals surface area contributed by atoms with Gasteiger partial charge in [-0.3, -0.25) is 9.78 Å². The summed E-state index contributed by atoms with van der Waals surface area (Å²) in [6.07, 6.45) is 5.55. The van der Waals surface area contributed by atoms with E-state index in [1.54, 1.807) is 30.6 Å². The first-order chi connectivity index (χ1) is 11.2. The van der Waals surface area contributed by atoms with Crippen LogP contribution < -0.4 is 10.6 Å². The fraction of sp³-hybridized carbons (Fsp3) is 0.375. The van der Waals surface area contributed by atoms with E-state index in [-0.39, 0.29) is 18.0 Å². The Morgan fingerprint density at radius 3 is 2.96 bits per heavy atom. The SMILES string of the molecule is Cc1cc(C(=O)N[C@H]2CCOC[C@H]2Nc2ccncn2)ccn1. The number of aromatic nitrogens is 3. The Bertz CT molecular complexity index is 665. The number of aryl methyl sites for hydroxylation is 1. The van der Waals surface area contributed by atoms with E-state index in [0.717, 1.165) is 17.9 Å². The first-order valence-corrected chi connectivity index (χ1v) is 7.56. The number of hydrogen-bond donors (Lipinski definition) is 2. The lowest BCUT2D eigenvalue weighted by molar-refractivity contribution is 0.0620. The zero-order valence-corrected chi connectivity index (χ0v) is 12.9. The molecule has 120 valence electrons. The maximum atomic E-state index is 12.4. The van der Waals surface area contributed by atoms with Crippen molar-refractivity contribution in [3.8, 4) is 0 Å². The van der Waals surface area contributed by atoms with E-state index >= 15 is 0 Å². The van der Waals surface area contributed by atoms with Gasteiger partial charge in [-0.1, -0.05) is 0 Å². The second-order valence-electron chi connectivity index (χ2n) is 5.47. The van der Waals surface area contributed by atoms with Gasteiger partial charge in [0.25, 0.3) is 5.91 Å². The number of nitrogens with zero attached hydrogens (tertiary/aromatic N) is 3. The van der Waals surface area contributed by atoms with Crippen molar-refractivity contribution in [1.29, 1.82) is 0 Å². The second-order valence-corrected chi connectivity index (χ2v) is 5.47. The Labute approximate surface area is 134 Å². The van der Waals surface area contributed by atoms with Crippen LogP contribution in [-0.4, -0.2) is 46.2 Å². The lowest BCUT2D eigenvalue weighted by Crippen LogP contribution is -2.52. The number of pyridine rings is 1. The molecule has 2 aromatic heterocycles. The van der Waals surface area contributed by atoms with Crippen LogP contribution in [0.5, 0.6) is 0 Å². The summed E-state index contributed by atoms with van der Waals surface area (Å²) in [5, 5.41) is 6.38. The standard InChI is InChI=1S/C16H19N5O2/c1-11-8-12(2-6-18-11)16(22)21-13-4-7-23-9-14(13)20-15-3-5-17-10-19-15/h2-3,5-6,8,10,13-14H,4,7,9H2,1H3,(H,21,22)(H,17,19,20)/t13-,14+/m0/s1. The summed E-state index contributed by atoms with van der Waals surface area (Å²) in [5.41, 5.74) is 1.44. The van der Waals surface area contributed by atoms with Crippen LogP contribution in [0.3, 0.4) is 0 Å². The van der Waals surface area contributed by atoms with E-state index in [0.29, 0.717) is 18.8 Å². The molecule has 3 rings (SSSR count). The Hall–Kier alpha value is -2.54. The maximum Gasteiger partial charge on any atom is 0.251 e. The number of ether oxygens (including phenoxy) is 1. The highest BCUT2D eigenvalue weighted by Gasteiger charge is 2.27. The van der Waals surface area contributed by atoms with Crippen molar-refractivity contribution in [2.75, 3.05) is 18.5 Å². The van der Waals surface area contributed by atoms with Crippen molar-refractivity contribution < 1.29 is 9.53 Å². The molecule has 1 fully saturated rings. The summed E-state index contributed by atoms with van der Waals surface area (Å²) in [6, 6.07) is 5.22. The molecule has 0 unspecified atom stereocenters. The van der Waals surface area contributed by atoms with Crippen LogP contribution in [0.15, 0.2) is 36.9 Å². The average Bonchev–Trinajstić information content (AvgIpc) is 2.57. The first-order valence-electron chi connectivity index (χ1n) is 7.56. The van der Waals surface area contributed by atoms with Gasteiger partial charge in [0.15, 0.2) is 0 Å². The molecular weight excluding hydrogens is 294 g/mol. The summed E-state index contributed by atoms with van der Waals surface area (Å²) in [7, 11) is 0. The Balaban J connectivity index is 1.68. The Morgan fingerprint density at radius 1 is 1.26 bits per heavy atom. The zero-order valence-electron chi connectivity index (χ0n) is 12.9. The highest BCUT2D eigenvalue weighted by Crippen LogP contribution is 2.14. The van der Waals surface area contributed by atoms with Crippen LogP contribution >= 0.6 is 0 Å². The predicted molar refractivity (Wildman–Crippen MR) is 85.1 cm³/mol. The van der Waals surface area contributed by atoms with Gasteiger partial charge in [0.1, 0.15) is 12.1 Å². The molecule has 3 heterocycles. The van der Waals surface area contributed by atoms with Gasteiger partial charge in [-0.2, -0.15) is 0 Å². The molecule has 0 bridgehead atoms. The van der Waals surface area contributed by atoms with Gasteiger partial charge in [-0.15, -0.1) is 0 Å². The number of nitrogens with one attached hydrogen (secondary N) is 2. The summed E-state index contributed by atoms with van der Waals surface area (Å²) in [5.74, 6) is 0.617. The molecule has 2 atom stereocenters. The molecular formula is C16H19N5O2. The van der Waals surface area contributed by atoms with Crippen LogP contribution in [0.25, 0.3) is 0 Å². The van der Waals surface area contributed by atoms with E-state index in [4.69, 9.17) is 4.74 Å². The molecule has 0 radical (unpaired) electrons. The lowest BCUT2D eigenvalue weighted by Gasteiger charge is -2.33. The molecule has 0 aromatic carbocycles. The van der Waals surface area contributed by atoms with Crippen LogP contribution in [-0.2, 0) is 4.74 Å². The molecule has 1 amide bonds. The first kappa shape index (κ1) is 15.4. The third kappa shape index (κ3) is 4.01. The summed E-state index contributed by atoms with van der Waals surface area (Å²) < 4.78 is 5.52. The topological polar surface area (TPSA) is 89.0 Å². The average molecular weight is 313 g/mol. The molecule has 0 saturated carbocycles. The fourth-order valence-corrected chi connectivity index (χ4v) is 2.56. The zero-order chi connectivity index (χ0) is 16.1. The van der Waals surface area contributed by atoms with Gasteiger partial charge >= 0.3 is 0 Å². The number of anilines is 1. The number of hydrogen-bond acceptors (Lipinski definition) is 6. The van der Waals surface area contributed by atoms with Gasteiger partial charge < -0.3 is 15.4 Å².